The molecule has 7 nitrogen and oxygen atoms in total. The van der Waals surface area contributed by atoms with Crippen molar-refractivity contribution >= 4 is 11.6 Å². The summed E-state index contributed by atoms with van der Waals surface area (Å²) in [4.78, 5) is 22.0. The van der Waals surface area contributed by atoms with Crippen LogP contribution in [0.5, 0.6) is 5.75 Å². The smallest absolute Gasteiger partial charge is 0.387 e. The van der Waals surface area contributed by atoms with Crippen LogP contribution in [0.2, 0.25) is 0 Å². The molecule has 1 amide bonds. The molecule has 132 valence electrons. The SMILES string of the molecule is O=C(NCC(O)c1ccc([N+](=O)[O-])cc1)c1cccc(OC(F)F)c1. The second-order valence-corrected chi connectivity index (χ2v) is 4.98. The molecule has 0 bridgehead atoms. The number of benzene rings is 2. The summed E-state index contributed by atoms with van der Waals surface area (Å²) in [6, 6.07) is 10.5. The zero-order valence-corrected chi connectivity index (χ0v) is 12.8. The number of ether oxygens (including phenoxy) is 1. The van der Waals surface area contributed by atoms with Gasteiger partial charge in [0.2, 0.25) is 0 Å². The summed E-state index contributed by atoms with van der Waals surface area (Å²) in [5.41, 5.74) is 0.366. The van der Waals surface area contributed by atoms with Gasteiger partial charge < -0.3 is 15.2 Å². The molecule has 2 aromatic carbocycles. The molecule has 1 atom stereocenters. The summed E-state index contributed by atoms with van der Waals surface area (Å²) >= 11 is 0. The number of nitrogens with zero attached hydrogens (tertiary/aromatic N) is 1. The lowest BCUT2D eigenvalue weighted by molar-refractivity contribution is -0.384. The fourth-order valence-corrected chi connectivity index (χ4v) is 2.04. The maximum Gasteiger partial charge on any atom is 0.387 e. The Balaban J connectivity index is 1.95. The van der Waals surface area contributed by atoms with E-state index in [1.807, 2.05) is 0 Å². The van der Waals surface area contributed by atoms with E-state index in [2.05, 4.69) is 10.1 Å². The molecule has 0 spiro atoms. The van der Waals surface area contributed by atoms with Gasteiger partial charge in [-0.25, -0.2) is 0 Å². The molecule has 0 saturated carbocycles. The van der Waals surface area contributed by atoms with Gasteiger partial charge in [-0.05, 0) is 35.9 Å². The molecule has 2 aromatic rings. The molecule has 0 aliphatic rings. The Hall–Kier alpha value is -3.07. The zero-order valence-electron chi connectivity index (χ0n) is 12.8. The van der Waals surface area contributed by atoms with Gasteiger partial charge in [0, 0.05) is 24.2 Å². The Morgan fingerprint density at radius 3 is 2.52 bits per heavy atom. The molecule has 0 saturated heterocycles. The summed E-state index contributed by atoms with van der Waals surface area (Å²) in [7, 11) is 0. The highest BCUT2D eigenvalue weighted by atomic mass is 19.3. The Kier molecular flexibility index (Phi) is 5.96. The standard InChI is InChI=1S/C16H14F2N2O5/c17-16(18)25-13-3-1-2-11(8-13)15(22)19-9-14(21)10-4-6-12(7-5-10)20(23)24/h1-8,14,16,21H,9H2,(H,19,22). The van der Waals surface area contributed by atoms with E-state index in [1.54, 1.807) is 0 Å². The van der Waals surface area contributed by atoms with Crippen LogP contribution in [-0.2, 0) is 0 Å². The summed E-state index contributed by atoms with van der Waals surface area (Å²) in [6.45, 7) is -3.15. The molecule has 0 aromatic heterocycles. The minimum Gasteiger partial charge on any atom is -0.435 e. The van der Waals surface area contributed by atoms with Crippen molar-refractivity contribution in [2.45, 2.75) is 12.7 Å². The van der Waals surface area contributed by atoms with E-state index in [0.717, 1.165) is 6.07 Å². The van der Waals surface area contributed by atoms with Crippen LogP contribution in [0.25, 0.3) is 0 Å². The van der Waals surface area contributed by atoms with Crippen molar-refractivity contribution in [2.24, 2.45) is 0 Å². The number of non-ortho nitro benzene ring substituents is 1. The second kappa shape index (κ2) is 8.15. The van der Waals surface area contributed by atoms with E-state index in [0.29, 0.717) is 5.56 Å². The third kappa shape index (κ3) is 5.21. The fourth-order valence-electron chi connectivity index (χ4n) is 2.04. The van der Waals surface area contributed by atoms with E-state index < -0.39 is 23.5 Å². The van der Waals surface area contributed by atoms with Crippen molar-refractivity contribution < 1.29 is 28.3 Å². The predicted molar refractivity (Wildman–Crippen MR) is 83.5 cm³/mol. The minimum atomic E-state index is -3.00. The number of nitro groups is 1. The fraction of sp³-hybridized carbons (Fsp3) is 0.188. The molecule has 2 rings (SSSR count). The molecule has 0 fully saturated rings. The van der Waals surface area contributed by atoms with Crippen molar-refractivity contribution in [3.63, 3.8) is 0 Å². The Morgan fingerprint density at radius 2 is 1.92 bits per heavy atom. The molecule has 25 heavy (non-hydrogen) atoms. The van der Waals surface area contributed by atoms with E-state index >= 15 is 0 Å². The average Bonchev–Trinajstić information content (AvgIpc) is 2.59. The largest absolute Gasteiger partial charge is 0.435 e. The number of amides is 1. The Labute approximate surface area is 141 Å². The number of hydrogen-bond acceptors (Lipinski definition) is 5. The summed E-state index contributed by atoms with van der Waals surface area (Å²) in [6.07, 6.45) is -1.08. The van der Waals surface area contributed by atoms with Crippen molar-refractivity contribution in [3.8, 4) is 5.75 Å². The predicted octanol–water partition coefficient (Wildman–Crippen LogP) is 2.66. The number of aliphatic hydroxyl groups excluding tert-OH is 1. The molecule has 0 aliphatic heterocycles. The molecular formula is C16H14F2N2O5. The molecule has 0 radical (unpaired) electrons. The first kappa shape index (κ1) is 18.3. The average molecular weight is 352 g/mol. The van der Waals surface area contributed by atoms with Gasteiger partial charge >= 0.3 is 6.61 Å². The molecule has 0 heterocycles. The maximum absolute atomic E-state index is 12.2. The topological polar surface area (TPSA) is 102 Å². The molecular weight excluding hydrogens is 338 g/mol. The highest BCUT2D eigenvalue weighted by molar-refractivity contribution is 5.94. The molecule has 1 unspecified atom stereocenters. The highest BCUT2D eigenvalue weighted by Crippen LogP contribution is 2.18. The van der Waals surface area contributed by atoms with Crippen LogP contribution in [0.3, 0.4) is 0 Å². The number of rotatable bonds is 7. The van der Waals surface area contributed by atoms with Gasteiger partial charge in [-0.1, -0.05) is 6.07 Å². The second-order valence-electron chi connectivity index (χ2n) is 4.98. The Bertz CT molecular complexity index is 752. The van der Waals surface area contributed by atoms with E-state index in [-0.39, 0.29) is 23.5 Å². The van der Waals surface area contributed by atoms with E-state index in [4.69, 9.17) is 0 Å². The number of nitro benzene ring substituents is 1. The van der Waals surface area contributed by atoms with Crippen LogP contribution in [0.15, 0.2) is 48.5 Å². The zero-order chi connectivity index (χ0) is 18.4. The van der Waals surface area contributed by atoms with E-state index in [9.17, 15) is 28.8 Å². The summed E-state index contributed by atoms with van der Waals surface area (Å²) in [5.74, 6) is -0.737. The number of carbonyl (C=O) groups excluding carboxylic acids is 1. The Morgan fingerprint density at radius 1 is 1.24 bits per heavy atom. The summed E-state index contributed by atoms with van der Waals surface area (Å²) < 4.78 is 28.6. The van der Waals surface area contributed by atoms with Crippen LogP contribution >= 0.6 is 0 Å². The first-order valence-corrected chi connectivity index (χ1v) is 7.12. The van der Waals surface area contributed by atoms with Gasteiger partial charge in [0.05, 0.1) is 11.0 Å². The number of aliphatic hydroxyl groups is 1. The van der Waals surface area contributed by atoms with Crippen LogP contribution < -0.4 is 10.1 Å². The maximum atomic E-state index is 12.2. The minimum absolute atomic E-state index is 0.0917. The van der Waals surface area contributed by atoms with Crippen LogP contribution in [-0.4, -0.2) is 29.1 Å². The lowest BCUT2D eigenvalue weighted by Crippen LogP contribution is -2.28. The normalized spacial score (nSPS) is 11.8. The van der Waals surface area contributed by atoms with Gasteiger partial charge in [-0.2, -0.15) is 8.78 Å². The summed E-state index contributed by atoms with van der Waals surface area (Å²) in [5, 5.41) is 23.0. The van der Waals surface area contributed by atoms with Crippen LogP contribution in [0.1, 0.15) is 22.0 Å². The monoisotopic (exact) mass is 352 g/mol. The molecule has 0 aliphatic carbocycles. The third-order valence-corrected chi connectivity index (χ3v) is 3.27. The van der Waals surface area contributed by atoms with Crippen molar-refractivity contribution in [3.05, 3.63) is 69.8 Å². The van der Waals surface area contributed by atoms with Crippen molar-refractivity contribution in [2.75, 3.05) is 6.54 Å². The van der Waals surface area contributed by atoms with Gasteiger partial charge in [-0.3, -0.25) is 14.9 Å². The number of alkyl halides is 2. The van der Waals surface area contributed by atoms with E-state index in [1.165, 1.54) is 42.5 Å². The van der Waals surface area contributed by atoms with Crippen molar-refractivity contribution in [1.29, 1.82) is 0 Å². The first-order chi connectivity index (χ1) is 11.9. The van der Waals surface area contributed by atoms with Gasteiger partial charge in [-0.15, -0.1) is 0 Å². The number of hydrogen-bond donors (Lipinski definition) is 2. The lowest BCUT2D eigenvalue weighted by atomic mass is 10.1. The first-order valence-electron chi connectivity index (χ1n) is 7.12. The lowest BCUT2D eigenvalue weighted by Gasteiger charge is -2.12. The number of carbonyl (C=O) groups is 1. The van der Waals surface area contributed by atoms with Crippen molar-refractivity contribution in [1.82, 2.24) is 5.32 Å². The number of nitrogens with one attached hydrogen (secondary N) is 1. The van der Waals surface area contributed by atoms with Gasteiger partial charge in [0.1, 0.15) is 5.75 Å². The third-order valence-electron chi connectivity index (χ3n) is 3.27. The quantitative estimate of drug-likeness (QED) is 0.589. The van der Waals surface area contributed by atoms with Gasteiger partial charge in [0.15, 0.2) is 0 Å². The number of halogens is 2. The molecule has 2 N–H and O–H groups in total. The van der Waals surface area contributed by atoms with Gasteiger partial charge in [0.25, 0.3) is 11.6 Å². The van der Waals surface area contributed by atoms with Crippen LogP contribution in [0.4, 0.5) is 14.5 Å². The highest BCUT2D eigenvalue weighted by Gasteiger charge is 2.14. The molecule has 9 heteroatoms. The van der Waals surface area contributed by atoms with Crippen LogP contribution in [0, 0.1) is 10.1 Å².